The van der Waals surface area contributed by atoms with Gasteiger partial charge < -0.3 is 25.7 Å². The van der Waals surface area contributed by atoms with E-state index in [4.69, 9.17) is 15.5 Å². The SMILES string of the molecule is CO.CSC1C=CC(c2ccc(C)cc2)CC1.N#Cc1csc(CNC(=O)[C@@H]2CC(C(=O)O)CN2C(=O)CNC=O)c1. The molecule has 2 heterocycles. The van der Waals surface area contributed by atoms with Gasteiger partial charge in [-0.25, -0.2) is 0 Å². The van der Waals surface area contributed by atoms with Crippen molar-refractivity contribution in [2.45, 2.75) is 49.9 Å². The van der Waals surface area contributed by atoms with Gasteiger partial charge in [0.1, 0.15) is 12.1 Å². The number of amides is 3. The lowest BCUT2D eigenvalue weighted by Gasteiger charge is -2.23. The molecule has 3 amide bonds. The van der Waals surface area contributed by atoms with Crippen molar-refractivity contribution in [2.24, 2.45) is 5.92 Å². The number of rotatable bonds is 9. The van der Waals surface area contributed by atoms with Gasteiger partial charge in [-0.1, -0.05) is 42.0 Å². The molecule has 1 saturated heterocycles. The third kappa shape index (κ3) is 10.3. The summed E-state index contributed by atoms with van der Waals surface area (Å²) in [5.41, 5.74) is 3.31. The molecule has 0 bridgehead atoms. The Bertz CT molecular complexity index is 1260. The highest BCUT2D eigenvalue weighted by Gasteiger charge is 2.42. The van der Waals surface area contributed by atoms with Crippen molar-refractivity contribution < 1.29 is 29.4 Å². The number of aryl methyl sites for hydroxylation is 1. The first-order valence-electron chi connectivity index (χ1n) is 13.4. The largest absolute Gasteiger partial charge is 0.481 e. The second-order valence-corrected chi connectivity index (χ2v) is 11.8. The summed E-state index contributed by atoms with van der Waals surface area (Å²) >= 11 is 3.28. The molecule has 0 saturated carbocycles. The van der Waals surface area contributed by atoms with Crippen LogP contribution in [0.4, 0.5) is 0 Å². The molecule has 226 valence electrons. The van der Waals surface area contributed by atoms with Crippen molar-refractivity contribution in [2.75, 3.05) is 26.5 Å². The molecule has 1 aromatic carbocycles. The van der Waals surface area contributed by atoms with Gasteiger partial charge in [0.25, 0.3) is 0 Å². The highest BCUT2D eigenvalue weighted by atomic mass is 32.2. The van der Waals surface area contributed by atoms with E-state index in [-0.39, 0.29) is 26.1 Å². The maximum atomic E-state index is 12.4. The number of hydrogen-bond donors (Lipinski definition) is 4. The number of aliphatic hydroxyl groups excluding tert-OH is 1. The summed E-state index contributed by atoms with van der Waals surface area (Å²) in [7, 11) is 1.00. The van der Waals surface area contributed by atoms with E-state index in [2.05, 4.69) is 60.2 Å². The van der Waals surface area contributed by atoms with E-state index < -0.39 is 29.7 Å². The molecule has 1 fully saturated rings. The van der Waals surface area contributed by atoms with Gasteiger partial charge >= 0.3 is 5.97 Å². The number of likely N-dealkylation sites (tertiary alicyclic amines) is 1. The first-order valence-corrected chi connectivity index (χ1v) is 15.6. The maximum Gasteiger partial charge on any atom is 0.308 e. The maximum absolute atomic E-state index is 12.4. The molecule has 1 aliphatic heterocycles. The number of thiophene rings is 1. The van der Waals surface area contributed by atoms with E-state index >= 15 is 0 Å². The van der Waals surface area contributed by atoms with Crippen molar-refractivity contribution in [3.8, 4) is 6.07 Å². The zero-order valence-corrected chi connectivity index (χ0v) is 25.6. The van der Waals surface area contributed by atoms with Gasteiger partial charge in [-0.3, -0.25) is 19.2 Å². The fourth-order valence-electron chi connectivity index (χ4n) is 4.68. The van der Waals surface area contributed by atoms with Crippen LogP contribution in [0.5, 0.6) is 0 Å². The molecule has 12 heteroatoms. The van der Waals surface area contributed by atoms with Crippen LogP contribution in [0.25, 0.3) is 0 Å². The van der Waals surface area contributed by atoms with Crippen molar-refractivity contribution in [3.05, 3.63) is 69.4 Å². The van der Waals surface area contributed by atoms with Crippen LogP contribution < -0.4 is 10.6 Å². The highest BCUT2D eigenvalue weighted by Crippen LogP contribution is 2.31. The number of hydrogen-bond acceptors (Lipinski definition) is 8. The standard InChI is InChI=1S/C15H16N4O5S.C14H18S.CH4O/c16-3-9-1-11(25-7-9)4-18-14(22)12-2-10(15(23)24)6-19(12)13(21)5-17-8-20;1-11-3-5-12(6-4-11)13-7-9-14(15-2)10-8-13;1-2/h1,7-8,10,12H,2,4-6H2,(H,17,20)(H,18,22)(H,23,24);3-7,9,13-14H,8,10H2,1-2H3;2H,1H3/t10?,12-;;/m0../s1. The molecule has 1 aromatic heterocycles. The van der Waals surface area contributed by atoms with Gasteiger partial charge in [0.2, 0.25) is 18.2 Å². The normalized spacial score (nSPS) is 20.6. The number of aliphatic hydroxyl groups is 1. The molecule has 10 nitrogen and oxygen atoms in total. The Hall–Kier alpha value is -3.66. The fourth-order valence-corrected chi connectivity index (χ4v) is 6.05. The zero-order valence-electron chi connectivity index (χ0n) is 24.0. The Kier molecular flexibility index (Phi) is 14.8. The molecule has 1 aliphatic carbocycles. The lowest BCUT2D eigenvalue weighted by molar-refractivity contribution is -0.141. The van der Waals surface area contributed by atoms with Gasteiger partial charge in [0.05, 0.1) is 24.6 Å². The van der Waals surface area contributed by atoms with E-state index in [1.54, 1.807) is 11.4 Å². The quantitative estimate of drug-likeness (QED) is 0.248. The number of nitrogens with zero attached hydrogens (tertiary/aromatic N) is 2. The minimum atomic E-state index is -1.08. The molecule has 4 atom stereocenters. The van der Waals surface area contributed by atoms with E-state index in [9.17, 15) is 19.2 Å². The first kappa shape index (κ1) is 34.5. The van der Waals surface area contributed by atoms with Gasteiger partial charge in [0.15, 0.2) is 0 Å². The second-order valence-electron chi connectivity index (χ2n) is 9.72. The zero-order chi connectivity index (χ0) is 31.1. The number of benzene rings is 1. The van der Waals surface area contributed by atoms with Crippen molar-refractivity contribution in [3.63, 3.8) is 0 Å². The second kappa shape index (κ2) is 18.0. The molecular weight excluding hydrogens is 576 g/mol. The Balaban J connectivity index is 0.000000308. The van der Waals surface area contributed by atoms with Crippen LogP contribution in [-0.4, -0.2) is 77.1 Å². The summed E-state index contributed by atoms with van der Waals surface area (Å²) in [6.45, 7) is 1.96. The van der Waals surface area contributed by atoms with E-state index in [0.29, 0.717) is 17.9 Å². The summed E-state index contributed by atoms with van der Waals surface area (Å²) in [6, 6.07) is 11.7. The molecule has 2 aromatic rings. The third-order valence-electron chi connectivity index (χ3n) is 6.96. The van der Waals surface area contributed by atoms with Crippen LogP contribution in [0.15, 0.2) is 47.9 Å². The summed E-state index contributed by atoms with van der Waals surface area (Å²) in [6.07, 6.45) is 9.94. The van der Waals surface area contributed by atoms with Gasteiger partial charge in [-0.15, -0.1) is 11.3 Å². The summed E-state index contributed by atoms with van der Waals surface area (Å²) in [4.78, 5) is 48.0. The molecule has 4 N–H and O–H groups in total. The molecular formula is C30H38N4O6S2. The number of carboxylic acids is 1. The minimum absolute atomic E-state index is 0.0158. The van der Waals surface area contributed by atoms with Crippen LogP contribution in [0, 0.1) is 24.2 Å². The number of aliphatic carboxylic acids is 1. The molecule has 0 spiro atoms. The average molecular weight is 615 g/mol. The summed E-state index contributed by atoms with van der Waals surface area (Å²) < 4.78 is 0. The van der Waals surface area contributed by atoms with E-state index in [1.807, 2.05) is 17.8 Å². The number of carbonyl (C=O) groups is 4. The molecule has 0 radical (unpaired) electrons. The predicted octanol–water partition coefficient (Wildman–Crippen LogP) is 3.05. The van der Waals surface area contributed by atoms with Crippen LogP contribution in [0.1, 0.15) is 46.7 Å². The number of allylic oxidation sites excluding steroid dienone is 1. The number of nitriles is 1. The van der Waals surface area contributed by atoms with Crippen molar-refractivity contribution in [1.82, 2.24) is 15.5 Å². The highest BCUT2D eigenvalue weighted by molar-refractivity contribution is 7.99. The lowest BCUT2D eigenvalue weighted by atomic mass is 9.89. The van der Waals surface area contributed by atoms with E-state index in [1.165, 1.54) is 40.2 Å². The van der Waals surface area contributed by atoms with E-state index in [0.717, 1.165) is 17.2 Å². The number of thioether (sulfide) groups is 1. The molecule has 42 heavy (non-hydrogen) atoms. The fraction of sp³-hybridized carbons (Fsp3) is 0.433. The molecule has 3 unspecified atom stereocenters. The Morgan fingerprint density at radius 3 is 2.45 bits per heavy atom. The Morgan fingerprint density at radius 1 is 1.19 bits per heavy atom. The lowest BCUT2D eigenvalue weighted by Crippen LogP contribution is -2.48. The van der Waals surface area contributed by atoms with Crippen LogP contribution in [-0.2, 0) is 25.7 Å². The predicted molar refractivity (Wildman–Crippen MR) is 164 cm³/mol. The third-order valence-corrected chi connectivity index (χ3v) is 8.89. The van der Waals surface area contributed by atoms with Crippen LogP contribution in [0.3, 0.4) is 0 Å². The number of nitrogens with one attached hydrogen (secondary N) is 2. The number of carboxylic acid groups (broad SMARTS) is 1. The molecule has 4 rings (SSSR count). The van der Waals surface area contributed by atoms with Crippen molar-refractivity contribution >= 4 is 47.3 Å². The smallest absolute Gasteiger partial charge is 0.308 e. The van der Waals surface area contributed by atoms with Gasteiger partial charge in [-0.05, 0) is 44.1 Å². The molecule has 2 aliphatic rings. The first-order chi connectivity index (χ1) is 20.2. The Labute approximate surface area is 254 Å². The van der Waals surface area contributed by atoms with Crippen LogP contribution in [0.2, 0.25) is 0 Å². The minimum Gasteiger partial charge on any atom is -0.481 e. The Morgan fingerprint density at radius 2 is 1.90 bits per heavy atom. The summed E-state index contributed by atoms with van der Waals surface area (Å²) in [5, 5.41) is 32.2. The van der Waals surface area contributed by atoms with Gasteiger partial charge in [-0.2, -0.15) is 17.0 Å². The van der Waals surface area contributed by atoms with Gasteiger partial charge in [0, 0.05) is 35.1 Å². The average Bonchev–Trinajstić information content (AvgIpc) is 3.68. The van der Waals surface area contributed by atoms with Crippen LogP contribution >= 0.6 is 23.1 Å². The monoisotopic (exact) mass is 614 g/mol. The summed E-state index contributed by atoms with van der Waals surface area (Å²) in [5.74, 6) is -2.24. The number of carbonyl (C=O) groups excluding carboxylic acids is 3. The topological polar surface area (TPSA) is 160 Å². The van der Waals surface area contributed by atoms with Crippen molar-refractivity contribution in [1.29, 1.82) is 5.26 Å².